The van der Waals surface area contributed by atoms with Crippen molar-refractivity contribution in [3.05, 3.63) is 35.7 Å². The number of aliphatic hydroxyl groups excluding tert-OH is 1. The summed E-state index contributed by atoms with van der Waals surface area (Å²) in [6.45, 7) is 1.19. The molecule has 3 aliphatic rings. The van der Waals surface area contributed by atoms with Crippen LogP contribution in [0.5, 0.6) is 0 Å². The van der Waals surface area contributed by atoms with Crippen molar-refractivity contribution in [1.82, 2.24) is 9.80 Å². The lowest BCUT2D eigenvalue weighted by atomic mass is 9.81. The third-order valence-electron chi connectivity index (χ3n) is 4.79. The molecule has 0 aromatic heterocycles. The summed E-state index contributed by atoms with van der Waals surface area (Å²) in [5.74, 6) is 0. The lowest BCUT2D eigenvalue weighted by Gasteiger charge is -2.42. The van der Waals surface area contributed by atoms with Gasteiger partial charge in [-0.3, -0.25) is 14.9 Å². The number of allylic oxidation sites excluding steroid dienone is 3. The molecule has 5 N–H and O–H groups in total. The first-order chi connectivity index (χ1) is 12.0. The minimum atomic E-state index is -0.619. The molecule has 2 aliphatic heterocycles. The average molecular weight is 344 g/mol. The van der Waals surface area contributed by atoms with Gasteiger partial charge in [-0.15, -0.1) is 0 Å². The molecule has 134 valence electrons. The molecule has 8 heteroatoms. The van der Waals surface area contributed by atoms with Gasteiger partial charge < -0.3 is 21.5 Å². The van der Waals surface area contributed by atoms with Crippen LogP contribution in [0.3, 0.4) is 0 Å². The summed E-state index contributed by atoms with van der Waals surface area (Å²) < 4.78 is 0. The molecule has 0 radical (unpaired) electrons. The lowest BCUT2D eigenvalue weighted by Crippen LogP contribution is -2.57. The molecule has 8 nitrogen and oxygen atoms in total. The number of likely N-dealkylation sites (N-methyl/N-ethyl adjacent to an activating group) is 1. The Hall–Kier alpha value is -2.45. The van der Waals surface area contributed by atoms with Crippen LogP contribution >= 0.6 is 0 Å². The summed E-state index contributed by atoms with van der Waals surface area (Å²) in [4.78, 5) is 24.5. The number of dihydropyridines is 1. The number of aliphatic hydroxyl groups is 1. The monoisotopic (exact) mass is 344 g/mol. The molecule has 2 atom stereocenters. The number of unbranched alkanes of at least 4 members (excludes halogenated alkanes) is 1. The Morgan fingerprint density at radius 2 is 2.24 bits per heavy atom. The molecular formula is C17H24N6O2. The summed E-state index contributed by atoms with van der Waals surface area (Å²) in [6, 6.07) is -0.501. The number of carbonyl (C=O) groups is 1. The lowest BCUT2D eigenvalue weighted by molar-refractivity contribution is 0.135. The number of aliphatic imine (C=N–C) groups is 2. The van der Waals surface area contributed by atoms with E-state index in [2.05, 4.69) is 9.89 Å². The van der Waals surface area contributed by atoms with Crippen molar-refractivity contribution >= 4 is 18.0 Å². The number of urea groups is 1. The summed E-state index contributed by atoms with van der Waals surface area (Å²) in [5.41, 5.74) is 13.2. The maximum atomic E-state index is 11.5. The first-order valence-corrected chi connectivity index (χ1v) is 8.37. The summed E-state index contributed by atoms with van der Waals surface area (Å²) in [7, 11) is 1.65. The van der Waals surface area contributed by atoms with Gasteiger partial charge in [-0.2, -0.15) is 0 Å². The SMILES string of the molecule is CN(CC1N=C2C(N)=CC=C3N=CC=CC32N1CCCCO)C(N)=O. The van der Waals surface area contributed by atoms with E-state index in [-0.39, 0.29) is 12.8 Å². The van der Waals surface area contributed by atoms with E-state index in [0.29, 0.717) is 25.2 Å². The quantitative estimate of drug-likeness (QED) is 0.586. The van der Waals surface area contributed by atoms with E-state index in [0.717, 1.165) is 17.8 Å². The van der Waals surface area contributed by atoms with Crippen molar-refractivity contribution in [3.63, 3.8) is 0 Å². The molecule has 1 spiro atoms. The molecule has 0 bridgehead atoms. The van der Waals surface area contributed by atoms with Crippen LogP contribution in [0.2, 0.25) is 0 Å². The Morgan fingerprint density at radius 3 is 2.96 bits per heavy atom. The second-order valence-corrected chi connectivity index (χ2v) is 6.38. The highest BCUT2D eigenvalue weighted by atomic mass is 16.3. The van der Waals surface area contributed by atoms with Gasteiger partial charge in [-0.05, 0) is 31.1 Å². The van der Waals surface area contributed by atoms with E-state index in [1.807, 2.05) is 24.3 Å². The zero-order valence-corrected chi connectivity index (χ0v) is 14.3. The summed E-state index contributed by atoms with van der Waals surface area (Å²) >= 11 is 0. The van der Waals surface area contributed by atoms with Crippen LogP contribution in [0.4, 0.5) is 4.79 Å². The second kappa shape index (κ2) is 6.81. The van der Waals surface area contributed by atoms with Crippen LogP contribution < -0.4 is 11.5 Å². The number of amides is 2. The van der Waals surface area contributed by atoms with Crippen LogP contribution in [-0.2, 0) is 0 Å². The Kier molecular flexibility index (Phi) is 4.73. The fourth-order valence-electron chi connectivity index (χ4n) is 3.53. The molecule has 0 aromatic carbocycles. The van der Waals surface area contributed by atoms with E-state index in [4.69, 9.17) is 21.6 Å². The van der Waals surface area contributed by atoms with Gasteiger partial charge in [0.2, 0.25) is 0 Å². The Labute approximate surface area is 146 Å². The smallest absolute Gasteiger partial charge is 0.314 e. The van der Waals surface area contributed by atoms with Gasteiger partial charge in [0.1, 0.15) is 11.7 Å². The van der Waals surface area contributed by atoms with E-state index in [1.165, 1.54) is 4.90 Å². The van der Waals surface area contributed by atoms with Gasteiger partial charge in [-0.1, -0.05) is 6.08 Å². The van der Waals surface area contributed by atoms with E-state index in [9.17, 15) is 4.79 Å². The normalized spacial score (nSPS) is 27.3. The first kappa shape index (κ1) is 17.4. The zero-order valence-electron chi connectivity index (χ0n) is 14.3. The van der Waals surface area contributed by atoms with Gasteiger partial charge in [0.05, 0.1) is 23.7 Å². The number of hydrogen-bond donors (Lipinski definition) is 3. The number of nitrogens with two attached hydrogens (primary N) is 2. The number of primary amides is 1. The maximum absolute atomic E-state index is 11.5. The predicted octanol–water partition coefficient (Wildman–Crippen LogP) is -0.0284. The molecular weight excluding hydrogens is 320 g/mol. The Balaban J connectivity index is 1.98. The van der Waals surface area contributed by atoms with Crippen LogP contribution in [0.15, 0.2) is 45.7 Å². The second-order valence-electron chi connectivity index (χ2n) is 6.38. The van der Waals surface area contributed by atoms with Crippen molar-refractivity contribution in [2.75, 3.05) is 26.7 Å². The molecule has 2 unspecified atom stereocenters. The summed E-state index contributed by atoms with van der Waals surface area (Å²) in [6.07, 6.45) is 10.6. The highest BCUT2D eigenvalue weighted by Crippen LogP contribution is 2.42. The summed E-state index contributed by atoms with van der Waals surface area (Å²) in [5, 5.41) is 9.13. The van der Waals surface area contributed by atoms with Gasteiger partial charge in [-0.25, -0.2) is 4.79 Å². The zero-order chi connectivity index (χ0) is 18.0. The number of hydrogen-bond acceptors (Lipinski definition) is 6. The Bertz CT molecular complexity index is 708. The Morgan fingerprint density at radius 1 is 1.44 bits per heavy atom. The first-order valence-electron chi connectivity index (χ1n) is 8.37. The van der Waals surface area contributed by atoms with E-state index >= 15 is 0 Å². The molecule has 1 aliphatic carbocycles. The third-order valence-corrected chi connectivity index (χ3v) is 4.79. The van der Waals surface area contributed by atoms with Crippen LogP contribution in [-0.4, -0.2) is 71.3 Å². The van der Waals surface area contributed by atoms with Gasteiger partial charge in [0.25, 0.3) is 0 Å². The van der Waals surface area contributed by atoms with Crippen molar-refractivity contribution in [2.45, 2.75) is 24.5 Å². The van der Waals surface area contributed by atoms with Gasteiger partial charge in [0.15, 0.2) is 0 Å². The highest BCUT2D eigenvalue weighted by molar-refractivity contribution is 6.13. The van der Waals surface area contributed by atoms with Crippen molar-refractivity contribution in [3.8, 4) is 0 Å². The maximum Gasteiger partial charge on any atom is 0.314 e. The van der Waals surface area contributed by atoms with Crippen molar-refractivity contribution in [2.24, 2.45) is 21.5 Å². The third kappa shape index (κ3) is 2.87. The fraction of sp³-hybridized carbons (Fsp3) is 0.471. The van der Waals surface area contributed by atoms with Crippen molar-refractivity contribution < 1.29 is 9.90 Å². The predicted molar refractivity (Wildman–Crippen MR) is 97.2 cm³/mol. The van der Waals surface area contributed by atoms with Crippen LogP contribution in [0, 0.1) is 0 Å². The number of nitrogens with zero attached hydrogens (tertiary/aromatic N) is 4. The minimum absolute atomic E-state index is 0.138. The fourth-order valence-corrected chi connectivity index (χ4v) is 3.53. The van der Waals surface area contributed by atoms with Crippen LogP contribution in [0.25, 0.3) is 0 Å². The molecule has 0 saturated carbocycles. The molecule has 2 heterocycles. The highest BCUT2D eigenvalue weighted by Gasteiger charge is 2.53. The van der Waals surface area contributed by atoms with Crippen molar-refractivity contribution in [1.29, 1.82) is 0 Å². The minimum Gasteiger partial charge on any atom is -0.397 e. The molecule has 0 saturated heterocycles. The van der Waals surface area contributed by atoms with E-state index in [1.54, 1.807) is 13.3 Å². The molecule has 0 aromatic rings. The van der Waals surface area contributed by atoms with Gasteiger partial charge in [0, 0.05) is 26.4 Å². The molecule has 2 amide bonds. The topological polar surface area (TPSA) is 121 Å². The molecule has 25 heavy (non-hydrogen) atoms. The standard InChI is InChI=1S/C17H24N6O2/c1-22(16(19)25)11-14-21-15-12(18)5-6-13-17(15,7-4-8-20-13)23(14)9-2-3-10-24/h4-8,14,24H,2-3,9-11,18H2,1H3,(H2,19,25). The number of rotatable bonds is 6. The van der Waals surface area contributed by atoms with Crippen LogP contribution in [0.1, 0.15) is 12.8 Å². The van der Waals surface area contributed by atoms with Gasteiger partial charge >= 0.3 is 6.03 Å². The molecule has 0 fully saturated rings. The molecule has 3 rings (SSSR count). The number of carbonyl (C=O) groups excluding carboxylic acids is 1. The van der Waals surface area contributed by atoms with E-state index < -0.39 is 11.6 Å². The largest absolute Gasteiger partial charge is 0.397 e. The average Bonchev–Trinajstić information content (AvgIpc) is 2.89.